The molecule has 1 aliphatic carbocycles. The molecule has 0 saturated heterocycles. The number of para-hydroxylation sites is 2. The Morgan fingerprint density at radius 1 is 0.600 bits per heavy atom. The Kier molecular flexibility index (Phi) is 5.28. The zero-order chi connectivity index (χ0) is 23.8. The molecule has 5 aromatic rings. The van der Waals surface area contributed by atoms with E-state index in [1.807, 2.05) is 30.3 Å². The molecule has 1 aliphatic rings. The topological polar surface area (TPSA) is 50.8 Å². The van der Waals surface area contributed by atoms with E-state index in [4.69, 9.17) is 0 Å². The minimum Gasteiger partial charge on any atom is -0.302 e. The molecular weight excluding hydrogens is 466 g/mol. The Bertz CT molecular complexity index is 1610. The fourth-order valence-electron chi connectivity index (χ4n) is 4.48. The molecule has 164 valence electrons. The Labute approximate surface area is 211 Å². The van der Waals surface area contributed by atoms with E-state index in [1.165, 1.54) is 0 Å². The number of allylic oxidation sites excluding steroid dienone is 1. The Morgan fingerprint density at radius 3 is 1.83 bits per heavy atom. The van der Waals surface area contributed by atoms with Crippen molar-refractivity contribution in [2.45, 2.75) is 0 Å². The highest BCUT2D eigenvalue weighted by atomic mass is 32.1. The second-order valence-electron chi connectivity index (χ2n) is 8.02. The molecule has 0 bridgehead atoms. The number of benzene rings is 3. The Balaban J connectivity index is 1.46. The Hall–Kier alpha value is -4.42. The maximum absolute atomic E-state index is 9.61. The molecule has 0 fully saturated rings. The summed E-state index contributed by atoms with van der Waals surface area (Å²) in [5.41, 5.74) is 6.26. The van der Waals surface area contributed by atoms with E-state index in [2.05, 4.69) is 89.8 Å². The third-order valence-electron chi connectivity index (χ3n) is 6.00. The van der Waals surface area contributed by atoms with Gasteiger partial charge in [-0.3, -0.25) is 0 Å². The smallest absolute Gasteiger partial charge is 0.138 e. The molecule has 3 nitrogen and oxygen atoms in total. The normalized spacial score (nSPS) is 11.3. The van der Waals surface area contributed by atoms with Crippen LogP contribution < -0.4 is 4.90 Å². The van der Waals surface area contributed by atoms with Crippen LogP contribution in [0.2, 0.25) is 0 Å². The first-order chi connectivity index (χ1) is 17.3. The zero-order valence-electron chi connectivity index (χ0n) is 18.5. The molecule has 5 heteroatoms. The van der Waals surface area contributed by atoms with Crippen molar-refractivity contribution in [2.75, 3.05) is 4.90 Å². The first-order valence-corrected chi connectivity index (χ1v) is 12.7. The quantitative estimate of drug-likeness (QED) is 0.235. The fourth-order valence-corrected chi connectivity index (χ4v) is 6.85. The van der Waals surface area contributed by atoms with Gasteiger partial charge in [-0.15, -0.1) is 22.7 Å². The molecule has 0 N–H and O–H groups in total. The number of hydrogen-bond donors (Lipinski definition) is 0. The summed E-state index contributed by atoms with van der Waals surface area (Å²) in [5, 5.41) is 20.3. The van der Waals surface area contributed by atoms with Crippen molar-refractivity contribution in [3.63, 3.8) is 0 Å². The van der Waals surface area contributed by atoms with Gasteiger partial charge < -0.3 is 4.90 Å². The lowest BCUT2D eigenvalue weighted by Gasteiger charge is -2.23. The van der Waals surface area contributed by atoms with Gasteiger partial charge in [-0.2, -0.15) is 10.5 Å². The third-order valence-corrected chi connectivity index (χ3v) is 8.42. The van der Waals surface area contributed by atoms with Gasteiger partial charge in [0.25, 0.3) is 0 Å². The number of rotatable bonds is 4. The van der Waals surface area contributed by atoms with Crippen molar-refractivity contribution in [2.24, 2.45) is 0 Å². The van der Waals surface area contributed by atoms with Crippen LogP contribution in [0.1, 0.15) is 10.4 Å². The number of nitriles is 2. The van der Waals surface area contributed by atoms with Gasteiger partial charge in [-0.05, 0) is 53.6 Å². The summed E-state index contributed by atoms with van der Waals surface area (Å²) < 4.78 is 0. The van der Waals surface area contributed by atoms with Gasteiger partial charge in [-0.25, -0.2) is 0 Å². The molecule has 3 aromatic carbocycles. The van der Waals surface area contributed by atoms with Crippen molar-refractivity contribution in [1.29, 1.82) is 10.5 Å². The first-order valence-electron chi connectivity index (χ1n) is 11.1. The molecule has 6 rings (SSSR count). The summed E-state index contributed by atoms with van der Waals surface area (Å²) in [7, 11) is 0. The van der Waals surface area contributed by atoms with E-state index in [0.29, 0.717) is 0 Å². The lowest BCUT2D eigenvalue weighted by atomic mass is 10.0. The average molecular weight is 484 g/mol. The van der Waals surface area contributed by atoms with Gasteiger partial charge in [0.05, 0.1) is 0 Å². The van der Waals surface area contributed by atoms with Gasteiger partial charge >= 0.3 is 0 Å². The van der Waals surface area contributed by atoms with Crippen LogP contribution in [0.5, 0.6) is 0 Å². The van der Waals surface area contributed by atoms with Crippen LogP contribution in [-0.2, 0) is 0 Å². The van der Waals surface area contributed by atoms with Gasteiger partial charge in [0.2, 0.25) is 0 Å². The highest BCUT2D eigenvalue weighted by Crippen LogP contribution is 2.53. The number of thiophene rings is 2. The SMILES string of the molecule is N#CC(C#N)=C1c2ccccc2-c2cc(-c3ccc(N(c4ccccc4)c4ccccc4)s3)sc21. The summed E-state index contributed by atoms with van der Waals surface area (Å²) in [5.74, 6) is 0. The predicted octanol–water partition coefficient (Wildman–Crippen LogP) is 8.78. The molecule has 0 amide bonds. The number of fused-ring (bicyclic) bond motifs is 3. The molecular formula is C30H17N3S2. The van der Waals surface area contributed by atoms with E-state index in [-0.39, 0.29) is 5.57 Å². The molecule has 0 radical (unpaired) electrons. The Morgan fingerprint density at radius 2 is 1.20 bits per heavy atom. The summed E-state index contributed by atoms with van der Waals surface area (Å²) >= 11 is 3.38. The van der Waals surface area contributed by atoms with Crippen molar-refractivity contribution >= 4 is 44.6 Å². The largest absolute Gasteiger partial charge is 0.302 e. The molecule has 2 heterocycles. The van der Waals surface area contributed by atoms with Gasteiger partial charge in [0.15, 0.2) is 0 Å². The van der Waals surface area contributed by atoms with Crippen molar-refractivity contribution in [1.82, 2.24) is 0 Å². The minimum absolute atomic E-state index is 0.163. The molecule has 0 unspecified atom stereocenters. The average Bonchev–Trinajstić information content (AvgIpc) is 3.62. The number of anilines is 3. The lowest BCUT2D eigenvalue weighted by Crippen LogP contribution is -2.07. The van der Waals surface area contributed by atoms with Crippen LogP contribution >= 0.6 is 22.7 Å². The number of nitrogens with zero attached hydrogens (tertiary/aromatic N) is 3. The molecule has 0 aliphatic heterocycles. The third kappa shape index (κ3) is 3.55. The second kappa shape index (κ2) is 8.74. The molecule has 0 spiro atoms. The van der Waals surface area contributed by atoms with Gasteiger partial charge in [-0.1, -0.05) is 60.7 Å². The van der Waals surface area contributed by atoms with Gasteiger partial charge in [0.1, 0.15) is 22.7 Å². The van der Waals surface area contributed by atoms with Gasteiger partial charge in [0, 0.05) is 37.1 Å². The van der Waals surface area contributed by atoms with E-state index >= 15 is 0 Å². The molecule has 2 aromatic heterocycles. The monoisotopic (exact) mass is 483 g/mol. The summed E-state index contributed by atoms with van der Waals surface area (Å²) in [4.78, 5) is 5.55. The zero-order valence-corrected chi connectivity index (χ0v) is 20.1. The fraction of sp³-hybridized carbons (Fsp3) is 0. The predicted molar refractivity (Wildman–Crippen MR) is 145 cm³/mol. The van der Waals surface area contributed by atoms with Crippen LogP contribution in [0.4, 0.5) is 16.4 Å². The van der Waals surface area contributed by atoms with E-state index < -0.39 is 0 Å². The van der Waals surface area contributed by atoms with Crippen LogP contribution in [0.15, 0.2) is 109 Å². The van der Waals surface area contributed by atoms with E-state index in [0.717, 1.165) is 53.3 Å². The van der Waals surface area contributed by atoms with E-state index in [1.54, 1.807) is 22.7 Å². The number of hydrogen-bond acceptors (Lipinski definition) is 5. The molecule has 35 heavy (non-hydrogen) atoms. The second-order valence-corrected chi connectivity index (χ2v) is 10.1. The van der Waals surface area contributed by atoms with Crippen LogP contribution in [-0.4, -0.2) is 0 Å². The minimum atomic E-state index is 0.163. The molecule has 0 atom stereocenters. The van der Waals surface area contributed by atoms with E-state index in [9.17, 15) is 10.5 Å². The van der Waals surface area contributed by atoms with Crippen molar-refractivity contribution in [3.05, 3.63) is 119 Å². The summed E-state index contributed by atoms with van der Waals surface area (Å²) in [6.45, 7) is 0. The van der Waals surface area contributed by atoms with Crippen LogP contribution in [0, 0.1) is 22.7 Å². The maximum atomic E-state index is 9.61. The van der Waals surface area contributed by atoms with Crippen molar-refractivity contribution < 1.29 is 0 Å². The highest BCUT2D eigenvalue weighted by Gasteiger charge is 2.29. The van der Waals surface area contributed by atoms with Crippen LogP contribution in [0.25, 0.3) is 26.5 Å². The molecule has 0 saturated carbocycles. The van der Waals surface area contributed by atoms with Crippen molar-refractivity contribution in [3.8, 4) is 33.0 Å². The highest BCUT2D eigenvalue weighted by molar-refractivity contribution is 7.25. The lowest BCUT2D eigenvalue weighted by molar-refractivity contribution is 1.32. The summed E-state index contributed by atoms with van der Waals surface area (Å²) in [6.07, 6.45) is 0. The first kappa shape index (κ1) is 21.1. The maximum Gasteiger partial charge on any atom is 0.138 e. The summed E-state index contributed by atoms with van der Waals surface area (Å²) in [6, 6.07) is 39.5. The van der Waals surface area contributed by atoms with Crippen LogP contribution in [0.3, 0.4) is 0 Å². The standard InChI is InChI=1S/C30H17N3S2/c31-18-20(19-32)29-24-14-8-7-13-23(24)25-17-27(35-30(25)29)26-15-16-28(34-26)33(21-9-3-1-4-10-21)22-11-5-2-6-12-22/h1-17H.